The first kappa shape index (κ1) is 19.2. The molecule has 0 unspecified atom stereocenters. The fraction of sp³-hybridized carbons (Fsp3) is 0.500. The smallest absolute Gasteiger partial charge is 0.257 e. The van der Waals surface area contributed by atoms with Gasteiger partial charge in [-0.1, -0.05) is 17.7 Å². The van der Waals surface area contributed by atoms with Gasteiger partial charge >= 0.3 is 0 Å². The van der Waals surface area contributed by atoms with Gasteiger partial charge in [-0.3, -0.25) is 15.6 Å². The molecule has 4 N–H and O–H groups in total. The van der Waals surface area contributed by atoms with E-state index in [-0.39, 0.29) is 12.5 Å². The van der Waals surface area contributed by atoms with E-state index in [1.165, 1.54) is 5.56 Å². The van der Waals surface area contributed by atoms with Gasteiger partial charge in [-0.2, -0.15) is 0 Å². The van der Waals surface area contributed by atoms with Gasteiger partial charge in [0, 0.05) is 18.8 Å². The second kappa shape index (κ2) is 9.32. The molecule has 0 radical (unpaired) electrons. The zero-order chi connectivity index (χ0) is 17.4. The fourth-order valence-electron chi connectivity index (χ4n) is 2.24. The number of thiocarbonyl (C=S) groups is 1. The number of nitrogens with zero attached hydrogens (tertiary/aromatic N) is 1. The number of benzene rings is 1. The minimum absolute atomic E-state index is 0.179. The molecule has 0 saturated heterocycles. The Morgan fingerprint density at radius 2 is 1.74 bits per heavy atom. The first-order valence-corrected chi connectivity index (χ1v) is 7.99. The molecule has 1 amide bonds. The number of anilines is 1. The van der Waals surface area contributed by atoms with Gasteiger partial charge in [0.25, 0.3) is 5.91 Å². The van der Waals surface area contributed by atoms with E-state index in [0.29, 0.717) is 11.7 Å². The number of carbonyl (C=O) groups excluding carboxylic acids is 1. The molecule has 7 heteroatoms. The van der Waals surface area contributed by atoms with E-state index in [4.69, 9.17) is 12.2 Å². The SMILES string of the molecule is Cc1cc(C)c(NCC(=O)NNC(=S)NCCN(C)C)c(C)c1. The molecule has 23 heavy (non-hydrogen) atoms. The number of carbonyl (C=O) groups is 1. The molecule has 6 nitrogen and oxygen atoms in total. The van der Waals surface area contributed by atoms with Gasteiger partial charge in [0.2, 0.25) is 0 Å². The molecule has 0 aliphatic carbocycles. The Bertz CT molecular complexity index is 536. The van der Waals surface area contributed by atoms with Crippen molar-refractivity contribution in [1.82, 2.24) is 21.1 Å². The quantitative estimate of drug-likeness (QED) is 0.460. The fourth-order valence-corrected chi connectivity index (χ4v) is 2.39. The van der Waals surface area contributed by atoms with Crippen LogP contribution >= 0.6 is 12.2 Å². The lowest BCUT2D eigenvalue weighted by molar-refractivity contribution is -0.119. The lowest BCUT2D eigenvalue weighted by atomic mass is 10.1. The minimum atomic E-state index is -0.180. The Morgan fingerprint density at radius 3 is 2.30 bits per heavy atom. The Labute approximate surface area is 144 Å². The van der Waals surface area contributed by atoms with Crippen molar-refractivity contribution in [2.75, 3.05) is 39.0 Å². The van der Waals surface area contributed by atoms with Gasteiger partial charge in [0.15, 0.2) is 5.11 Å². The van der Waals surface area contributed by atoms with Crippen molar-refractivity contribution in [3.05, 3.63) is 28.8 Å². The van der Waals surface area contributed by atoms with Crippen molar-refractivity contribution in [3.8, 4) is 0 Å². The van der Waals surface area contributed by atoms with E-state index in [2.05, 4.69) is 40.5 Å². The lowest BCUT2D eigenvalue weighted by Crippen LogP contribution is -2.49. The summed E-state index contributed by atoms with van der Waals surface area (Å²) in [5, 5.41) is 6.58. The van der Waals surface area contributed by atoms with Crippen molar-refractivity contribution in [2.45, 2.75) is 20.8 Å². The maximum absolute atomic E-state index is 11.9. The Morgan fingerprint density at radius 1 is 1.13 bits per heavy atom. The second-order valence-electron chi connectivity index (χ2n) is 5.86. The highest BCUT2D eigenvalue weighted by atomic mass is 32.1. The van der Waals surface area contributed by atoms with Crippen LogP contribution in [0.1, 0.15) is 16.7 Å². The molecule has 0 fully saturated rings. The van der Waals surface area contributed by atoms with E-state index >= 15 is 0 Å². The predicted molar refractivity (Wildman–Crippen MR) is 99.6 cm³/mol. The Kier molecular flexibility index (Phi) is 7.77. The number of hydrazine groups is 1. The van der Waals surface area contributed by atoms with Crippen LogP contribution in [-0.2, 0) is 4.79 Å². The number of rotatable bonds is 6. The lowest BCUT2D eigenvalue weighted by Gasteiger charge is -2.15. The molecule has 0 heterocycles. The molecular formula is C16H27N5OS. The number of hydrogen-bond acceptors (Lipinski definition) is 4. The highest BCUT2D eigenvalue weighted by molar-refractivity contribution is 7.80. The monoisotopic (exact) mass is 337 g/mol. The van der Waals surface area contributed by atoms with Crippen LogP contribution in [0, 0.1) is 20.8 Å². The van der Waals surface area contributed by atoms with Crippen molar-refractivity contribution in [3.63, 3.8) is 0 Å². The number of likely N-dealkylation sites (N-methyl/N-ethyl adjacent to an activating group) is 1. The number of aryl methyl sites for hydroxylation is 3. The summed E-state index contributed by atoms with van der Waals surface area (Å²) < 4.78 is 0. The van der Waals surface area contributed by atoms with Crippen LogP contribution in [0.2, 0.25) is 0 Å². The molecule has 0 atom stereocenters. The molecule has 1 aromatic carbocycles. The van der Waals surface area contributed by atoms with Gasteiger partial charge in [-0.25, -0.2) is 0 Å². The summed E-state index contributed by atoms with van der Waals surface area (Å²) in [5.74, 6) is -0.180. The van der Waals surface area contributed by atoms with Gasteiger partial charge in [-0.05, 0) is 58.2 Å². The largest absolute Gasteiger partial charge is 0.376 e. The Balaban J connectivity index is 2.34. The van der Waals surface area contributed by atoms with E-state index in [9.17, 15) is 4.79 Å². The van der Waals surface area contributed by atoms with Gasteiger partial charge in [0.05, 0.1) is 6.54 Å². The van der Waals surface area contributed by atoms with Gasteiger partial charge in [0.1, 0.15) is 0 Å². The molecule has 0 aliphatic rings. The third-order valence-corrected chi connectivity index (χ3v) is 3.51. The van der Waals surface area contributed by atoms with Crippen molar-refractivity contribution in [1.29, 1.82) is 0 Å². The van der Waals surface area contributed by atoms with Crippen LogP contribution in [0.4, 0.5) is 5.69 Å². The third kappa shape index (κ3) is 7.30. The highest BCUT2D eigenvalue weighted by Gasteiger charge is 2.06. The molecular weight excluding hydrogens is 310 g/mol. The summed E-state index contributed by atoms with van der Waals surface area (Å²) in [4.78, 5) is 13.9. The van der Waals surface area contributed by atoms with Crippen LogP contribution in [-0.4, -0.2) is 49.6 Å². The highest BCUT2D eigenvalue weighted by Crippen LogP contribution is 2.21. The van der Waals surface area contributed by atoms with Crippen molar-refractivity contribution in [2.24, 2.45) is 0 Å². The number of amides is 1. The first-order chi connectivity index (χ1) is 10.8. The van der Waals surface area contributed by atoms with Crippen molar-refractivity contribution >= 4 is 28.9 Å². The summed E-state index contributed by atoms with van der Waals surface area (Å²) in [5.41, 5.74) is 9.73. The van der Waals surface area contributed by atoms with Crippen LogP contribution < -0.4 is 21.5 Å². The van der Waals surface area contributed by atoms with Crippen molar-refractivity contribution < 1.29 is 4.79 Å². The molecule has 1 rings (SSSR count). The first-order valence-electron chi connectivity index (χ1n) is 7.58. The summed E-state index contributed by atoms with van der Waals surface area (Å²) in [7, 11) is 3.97. The molecule has 128 valence electrons. The zero-order valence-electron chi connectivity index (χ0n) is 14.5. The zero-order valence-corrected chi connectivity index (χ0v) is 15.4. The van der Waals surface area contributed by atoms with Crippen LogP contribution in [0.15, 0.2) is 12.1 Å². The average molecular weight is 337 g/mol. The van der Waals surface area contributed by atoms with Gasteiger partial charge < -0.3 is 15.5 Å². The van der Waals surface area contributed by atoms with E-state index in [1.807, 2.05) is 32.8 Å². The van der Waals surface area contributed by atoms with Crippen LogP contribution in [0.5, 0.6) is 0 Å². The molecule has 1 aromatic rings. The van der Waals surface area contributed by atoms with Crippen LogP contribution in [0.25, 0.3) is 0 Å². The summed E-state index contributed by atoms with van der Waals surface area (Å²) in [6, 6.07) is 4.19. The molecule has 0 spiro atoms. The summed E-state index contributed by atoms with van der Waals surface area (Å²) in [6.07, 6.45) is 0. The number of hydrogen-bond donors (Lipinski definition) is 4. The molecule has 0 bridgehead atoms. The normalized spacial score (nSPS) is 10.3. The van der Waals surface area contributed by atoms with E-state index in [0.717, 1.165) is 23.4 Å². The van der Waals surface area contributed by atoms with E-state index in [1.54, 1.807) is 0 Å². The predicted octanol–water partition coefficient (Wildman–Crippen LogP) is 1.08. The van der Waals surface area contributed by atoms with E-state index < -0.39 is 0 Å². The molecule has 0 aliphatic heterocycles. The van der Waals surface area contributed by atoms with Crippen LogP contribution in [0.3, 0.4) is 0 Å². The third-order valence-electron chi connectivity index (χ3n) is 3.26. The number of nitrogens with one attached hydrogen (secondary N) is 4. The summed E-state index contributed by atoms with van der Waals surface area (Å²) >= 11 is 5.08. The summed E-state index contributed by atoms with van der Waals surface area (Å²) in [6.45, 7) is 7.88. The maximum Gasteiger partial charge on any atom is 0.257 e. The standard InChI is InChI=1S/C16H27N5OS/c1-11-8-12(2)15(13(3)9-11)18-10-14(22)19-20-16(23)17-6-7-21(4)5/h8-9,18H,6-7,10H2,1-5H3,(H,19,22)(H2,17,20,23). The Hall–Kier alpha value is -1.86. The molecule has 0 aromatic heterocycles. The average Bonchev–Trinajstić information content (AvgIpc) is 2.43. The molecule has 0 saturated carbocycles. The maximum atomic E-state index is 11.9. The van der Waals surface area contributed by atoms with Gasteiger partial charge in [-0.15, -0.1) is 0 Å². The second-order valence-corrected chi connectivity index (χ2v) is 6.27. The minimum Gasteiger partial charge on any atom is -0.376 e. The topological polar surface area (TPSA) is 68.4 Å².